The Balaban J connectivity index is 2.19. The molecule has 0 radical (unpaired) electrons. The number of carbonyl (C=O) groups excluding carboxylic acids is 1. The first kappa shape index (κ1) is 22.2. The van der Waals surface area contributed by atoms with Crippen LogP contribution in [0.2, 0.25) is 0 Å². The minimum absolute atomic E-state index is 0.0726. The van der Waals surface area contributed by atoms with E-state index in [1.165, 1.54) is 56.6 Å². The maximum absolute atomic E-state index is 12.5. The summed E-state index contributed by atoms with van der Waals surface area (Å²) in [5.74, 6) is -0.656. The number of nitrogens with zero attached hydrogens (tertiary/aromatic N) is 1. The normalized spacial score (nSPS) is 11.7. The molecule has 0 aliphatic carbocycles. The van der Waals surface area contributed by atoms with Gasteiger partial charge in [0.15, 0.2) is 0 Å². The van der Waals surface area contributed by atoms with Gasteiger partial charge in [0, 0.05) is 29.2 Å². The summed E-state index contributed by atoms with van der Waals surface area (Å²) in [7, 11) is -1.49. The van der Waals surface area contributed by atoms with Crippen molar-refractivity contribution in [2.45, 2.75) is 18.1 Å². The molecule has 0 unspecified atom stereocenters. The first-order valence-electron chi connectivity index (χ1n) is 7.79. The topological polar surface area (TPSA) is 84.9 Å². The Morgan fingerprint density at radius 2 is 1.96 bits per heavy atom. The molecule has 2 aromatic rings. The minimum Gasteiger partial charge on any atom is -0.434 e. The van der Waals surface area contributed by atoms with Crippen molar-refractivity contribution in [3.63, 3.8) is 0 Å². The van der Waals surface area contributed by atoms with Gasteiger partial charge in [-0.1, -0.05) is 26.5 Å². The van der Waals surface area contributed by atoms with Crippen molar-refractivity contribution in [2.75, 3.05) is 14.2 Å². The predicted octanol–water partition coefficient (Wildman–Crippen LogP) is 3.16. The van der Waals surface area contributed by atoms with Crippen LogP contribution in [0.15, 0.2) is 51.8 Å². The molecule has 0 saturated carbocycles. The summed E-state index contributed by atoms with van der Waals surface area (Å²) in [6.07, 6.45) is 0. The zero-order chi connectivity index (χ0) is 20.9. The van der Waals surface area contributed by atoms with Crippen LogP contribution in [-0.4, -0.2) is 39.6 Å². The molecule has 0 spiro atoms. The van der Waals surface area contributed by atoms with Gasteiger partial charge >= 0.3 is 6.61 Å². The second-order valence-electron chi connectivity index (χ2n) is 5.44. The number of nitrogens with one attached hydrogen (secondary N) is 1. The smallest absolute Gasteiger partial charge is 0.387 e. The molecule has 1 amide bonds. The second-order valence-corrected chi connectivity index (χ2v) is 8.29. The van der Waals surface area contributed by atoms with Gasteiger partial charge in [-0.25, -0.2) is 8.42 Å². The number of hydroxylamine groups is 1. The van der Waals surface area contributed by atoms with Gasteiger partial charge in [0.25, 0.3) is 15.9 Å². The first-order chi connectivity index (χ1) is 13.1. The number of amides is 1. The summed E-state index contributed by atoms with van der Waals surface area (Å²) >= 11 is 3.23. The third-order valence-electron chi connectivity index (χ3n) is 3.67. The Labute approximate surface area is 169 Å². The van der Waals surface area contributed by atoms with Crippen LogP contribution < -0.4 is 10.1 Å². The lowest BCUT2D eigenvalue weighted by atomic mass is 10.1. The van der Waals surface area contributed by atoms with E-state index < -0.39 is 22.5 Å². The molecule has 2 rings (SSSR count). The zero-order valence-corrected chi connectivity index (χ0v) is 17.3. The van der Waals surface area contributed by atoms with Crippen LogP contribution in [-0.2, 0) is 21.4 Å². The first-order valence-corrected chi connectivity index (χ1v) is 10.0. The number of hydrogen-bond acceptors (Lipinski definition) is 5. The molecule has 28 heavy (non-hydrogen) atoms. The van der Waals surface area contributed by atoms with E-state index in [0.717, 1.165) is 0 Å². The van der Waals surface area contributed by atoms with E-state index in [1.807, 2.05) is 0 Å². The van der Waals surface area contributed by atoms with Crippen LogP contribution in [0.3, 0.4) is 0 Å². The molecule has 0 aliphatic heterocycles. The van der Waals surface area contributed by atoms with E-state index in [0.29, 0.717) is 14.5 Å². The minimum atomic E-state index is -3.92. The standard InChI is InChI=1S/C17H17BrF2N2O5S/c1-22(26-2)28(24,25)14-5-3-4-11(9-14)16(23)21-10-12-8-13(18)6-7-15(12)27-17(19)20/h3-9,17H,10H2,1-2H3,(H,21,23). The van der Waals surface area contributed by atoms with E-state index in [2.05, 4.69) is 26.0 Å². The number of sulfonamides is 1. The lowest BCUT2D eigenvalue weighted by Crippen LogP contribution is -2.27. The summed E-state index contributed by atoms with van der Waals surface area (Å²) in [5, 5.41) is 2.55. The fourth-order valence-electron chi connectivity index (χ4n) is 2.22. The maximum atomic E-state index is 12.5. The Bertz CT molecular complexity index is 956. The van der Waals surface area contributed by atoms with Crippen molar-refractivity contribution in [2.24, 2.45) is 0 Å². The average molecular weight is 479 g/mol. The van der Waals surface area contributed by atoms with E-state index in [4.69, 9.17) is 4.84 Å². The van der Waals surface area contributed by atoms with Crippen molar-refractivity contribution in [1.29, 1.82) is 0 Å². The summed E-state index contributed by atoms with van der Waals surface area (Å²) in [6.45, 7) is -3.11. The molecular formula is C17H17BrF2N2O5S. The van der Waals surface area contributed by atoms with Gasteiger partial charge in [-0.05, 0) is 36.4 Å². The number of rotatable bonds is 8. The Kier molecular flexibility index (Phi) is 7.47. The SMILES string of the molecule is CON(C)S(=O)(=O)c1cccc(C(=O)NCc2cc(Br)ccc2OC(F)F)c1. The molecule has 0 atom stereocenters. The van der Waals surface area contributed by atoms with Crippen molar-refractivity contribution < 1.29 is 31.6 Å². The van der Waals surface area contributed by atoms with Crippen molar-refractivity contribution in [1.82, 2.24) is 9.79 Å². The fourth-order valence-corrected chi connectivity index (χ4v) is 3.65. The fraction of sp³-hybridized carbons (Fsp3) is 0.235. The van der Waals surface area contributed by atoms with Crippen molar-refractivity contribution in [3.05, 3.63) is 58.1 Å². The van der Waals surface area contributed by atoms with Gasteiger partial charge in [-0.15, -0.1) is 0 Å². The molecular weight excluding hydrogens is 462 g/mol. The Morgan fingerprint density at radius 1 is 1.25 bits per heavy atom. The summed E-state index contributed by atoms with van der Waals surface area (Å²) in [5.41, 5.74) is 0.405. The maximum Gasteiger partial charge on any atom is 0.387 e. The van der Waals surface area contributed by atoms with Crippen LogP contribution in [0, 0.1) is 0 Å². The highest BCUT2D eigenvalue weighted by atomic mass is 79.9. The zero-order valence-electron chi connectivity index (χ0n) is 14.9. The second kappa shape index (κ2) is 9.41. The van der Waals surface area contributed by atoms with Gasteiger partial charge in [0.2, 0.25) is 0 Å². The van der Waals surface area contributed by atoms with Crippen LogP contribution in [0.1, 0.15) is 15.9 Å². The molecule has 11 heteroatoms. The molecule has 0 aliphatic rings. The van der Waals surface area contributed by atoms with Gasteiger partial charge in [-0.2, -0.15) is 8.78 Å². The molecule has 0 fully saturated rings. The number of benzene rings is 2. The molecule has 0 aromatic heterocycles. The summed E-state index contributed by atoms with van der Waals surface area (Å²) in [6, 6.07) is 9.78. The number of ether oxygens (including phenoxy) is 1. The quantitative estimate of drug-likeness (QED) is 0.589. The Morgan fingerprint density at radius 3 is 2.61 bits per heavy atom. The highest BCUT2D eigenvalue weighted by Crippen LogP contribution is 2.25. The molecule has 7 nitrogen and oxygen atoms in total. The predicted molar refractivity (Wildman–Crippen MR) is 100 cm³/mol. The van der Waals surface area contributed by atoms with Crippen LogP contribution >= 0.6 is 15.9 Å². The van der Waals surface area contributed by atoms with Crippen molar-refractivity contribution >= 4 is 31.9 Å². The van der Waals surface area contributed by atoms with E-state index in [9.17, 15) is 22.0 Å². The lowest BCUT2D eigenvalue weighted by Gasteiger charge is -2.15. The molecule has 0 bridgehead atoms. The number of halogens is 3. The number of alkyl halides is 2. The highest BCUT2D eigenvalue weighted by Gasteiger charge is 2.22. The largest absolute Gasteiger partial charge is 0.434 e. The number of carbonyl (C=O) groups is 1. The Hall–Kier alpha value is -2.08. The molecule has 1 N–H and O–H groups in total. The van der Waals surface area contributed by atoms with Crippen LogP contribution in [0.5, 0.6) is 5.75 Å². The monoisotopic (exact) mass is 478 g/mol. The van der Waals surface area contributed by atoms with E-state index in [1.54, 1.807) is 0 Å². The molecule has 152 valence electrons. The molecule has 0 saturated heterocycles. The van der Waals surface area contributed by atoms with Gasteiger partial charge < -0.3 is 10.1 Å². The van der Waals surface area contributed by atoms with Crippen LogP contribution in [0.25, 0.3) is 0 Å². The van der Waals surface area contributed by atoms with Crippen molar-refractivity contribution in [3.8, 4) is 5.75 Å². The van der Waals surface area contributed by atoms with Gasteiger partial charge in [0.1, 0.15) is 5.75 Å². The number of hydrogen-bond donors (Lipinski definition) is 1. The highest BCUT2D eigenvalue weighted by molar-refractivity contribution is 9.10. The lowest BCUT2D eigenvalue weighted by molar-refractivity contribution is -0.0504. The third kappa shape index (κ3) is 5.47. The van der Waals surface area contributed by atoms with Gasteiger partial charge in [0.05, 0.1) is 12.0 Å². The van der Waals surface area contributed by atoms with Crippen LogP contribution in [0.4, 0.5) is 8.78 Å². The molecule has 0 heterocycles. The van der Waals surface area contributed by atoms with E-state index >= 15 is 0 Å². The third-order valence-corrected chi connectivity index (χ3v) is 5.84. The molecule has 2 aromatic carbocycles. The average Bonchev–Trinajstić information content (AvgIpc) is 2.66. The van der Waals surface area contributed by atoms with E-state index in [-0.39, 0.29) is 22.8 Å². The van der Waals surface area contributed by atoms with Gasteiger partial charge in [-0.3, -0.25) is 9.63 Å². The summed E-state index contributed by atoms with van der Waals surface area (Å²) in [4.78, 5) is 17.0. The summed E-state index contributed by atoms with van der Waals surface area (Å²) < 4.78 is 55.3.